The maximum Gasteiger partial charge on any atom is 0.329 e. The molecule has 1 fully saturated rings. The number of anilines is 1. The number of carbonyl (C=O) groups is 2. The molecule has 1 saturated heterocycles. The second kappa shape index (κ2) is 7.71. The summed E-state index contributed by atoms with van der Waals surface area (Å²) in [5.74, 6) is -1.48. The number of hydrogen-bond acceptors (Lipinski definition) is 3. The first-order valence-corrected chi connectivity index (χ1v) is 8.40. The monoisotopic (exact) mass is 350 g/mol. The van der Waals surface area contributed by atoms with Crippen molar-refractivity contribution in [1.82, 2.24) is 5.32 Å². The van der Waals surface area contributed by atoms with Gasteiger partial charge in [-0.15, -0.1) is 6.58 Å². The summed E-state index contributed by atoms with van der Waals surface area (Å²) < 4.78 is 0. The fourth-order valence-electron chi connectivity index (χ4n) is 3.40. The summed E-state index contributed by atoms with van der Waals surface area (Å²) >= 11 is 5.92. The summed E-state index contributed by atoms with van der Waals surface area (Å²) in [5.41, 5.74) is -0.256. The number of amides is 1. The molecule has 1 amide bonds. The first-order valence-electron chi connectivity index (χ1n) is 8.02. The second-order valence-corrected chi connectivity index (χ2v) is 6.63. The van der Waals surface area contributed by atoms with E-state index in [1.165, 1.54) is 6.92 Å². The molecule has 1 heterocycles. The van der Waals surface area contributed by atoms with Gasteiger partial charge in [0.25, 0.3) is 0 Å². The number of nitrogens with one attached hydrogen (secondary N) is 1. The summed E-state index contributed by atoms with van der Waals surface area (Å²) in [5, 5.41) is 13.2. The van der Waals surface area contributed by atoms with E-state index < -0.39 is 11.5 Å². The van der Waals surface area contributed by atoms with Crippen LogP contribution in [0.2, 0.25) is 5.02 Å². The van der Waals surface area contributed by atoms with Crippen molar-refractivity contribution in [3.05, 3.63) is 41.9 Å². The topological polar surface area (TPSA) is 69.6 Å². The van der Waals surface area contributed by atoms with Crippen LogP contribution in [0.5, 0.6) is 0 Å². The van der Waals surface area contributed by atoms with Crippen LogP contribution in [0.3, 0.4) is 0 Å². The summed E-state index contributed by atoms with van der Waals surface area (Å²) in [4.78, 5) is 25.8. The quantitative estimate of drug-likeness (QED) is 0.741. The van der Waals surface area contributed by atoms with Gasteiger partial charge in [-0.1, -0.05) is 17.7 Å². The third-order valence-electron chi connectivity index (χ3n) is 4.60. The van der Waals surface area contributed by atoms with Crippen LogP contribution in [-0.2, 0) is 9.59 Å². The van der Waals surface area contributed by atoms with E-state index in [0.717, 1.165) is 12.2 Å². The van der Waals surface area contributed by atoms with Crippen LogP contribution in [0.1, 0.15) is 26.2 Å². The predicted molar refractivity (Wildman–Crippen MR) is 95.4 cm³/mol. The van der Waals surface area contributed by atoms with E-state index in [2.05, 4.69) is 16.8 Å². The standard InChI is InChI=1S/C18H23ClN2O3/c1-3-4-10-18(17(23)24,20-13(2)22)14-9-11-21(12-14)16-7-5-15(19)6-8-16/h3,5-8,14H,1,4,9-12H2,2H3,(H,20,22)(H,23,24). The Hall–Kier alpha value is -2.01. The SMILES string of the molecule is C=CCCC(NC(C)=O)(C(=O)O)C1CCN(c2ccc(Cl)cc2)C1. The van der Waals surface area contributed by atoms with Crippen LogP contribution in [0.4, 0.5) is 5.69 Å². The van der Waals surface area contributed by atoms with Crippen molar-refractivity contribution >= 4 is 29.2 Å². The van der Waals surface area contributed by atoms with E-state index in [0.29, 0.717) is 30.8 Å². The minimum atomic E-state index is -1.26. The zero-order valence-electron chi connectivity index (χ0n) is 13.8. The second-order valence-electron chi connectivity index (χ2n) is 6.19. The zero-order chi connectivity index (χ0) is 17.7. The molecule has 2 unspecified atom stereocenters. The molecule has 2 rings (SSSR count). The first kappa shape index (κ1) is 18.3. The summed E-state index contributed by atoms with van der Waals surface area (Å²) in [6.45, 7) is 6.35. The number of rotatable bonds is 7. The predicted octanol–water partition coefficient (Wildman–Crippen LogP) is 3.09. The lowest BCUT2D eigenvalue weighted by molar-refractivity contribution is -0.150. The Morgan fingerprint density at radius 2 is 2.12 bits per heavy atom. The van der Waals surface area contributed by atoms with Crippen LogP contribution >= 0.6 is 11.6 Å². The number of aliphatic carboxylic acids is 1. The van der Waals surface area contributed by atoms with Crippen LogP contribution < -0.4 is 10.2 Å². The molecule has 1 aromatic rings. The number of halogens is 1. The van der Waals surface area contributed by atoms with E-state index in [9.17, 15) is 14.7 Å². The van der Waals surface area contributed by atoms with Gasteiger partial charge in [0.2, 0.25) is 5.91 Å². The van der Waals surface area contributed by atoms with Gasteiger partial charge in [0.1, 0.15) is 5.54 Å². The molecule has 0 spiro atoms. The van der Waals surface area contributed by atoms with Gasteiger partial charge < -0.3 is 15.3 Å². The molecule has 1 aromatic carbocycles. The normalized spacial score (nSPS) is 19.6. The maximum atomic E-state index is 12.1. The van der Waals surface area contributed by atoms with Gasteiger partial charge in [-0.3, -0.25) is 4.79 Å². The van der Waals surface area contributed by atoms with E-state index >= 15 is 0 Å². The van der Waals surface area contributed by atoms with Gasteiger partial charge in [0.05, 0.1) is 0 Å². The molecule has 1 aliphatic heterocycles. The average molecular weight is 351 g/mol. The van der Waals surface area contributed by atoms with Gasteiger partial charge in [-0.05, 0) is 43.5 Å². The number of benzene rings is 1. The Kier molecular flexibility index (Phi) is 5.89. The Labute approximate surface area is 147 Å². The Morgan fingerprint density at radius 3 is 2.67 bits per heavy atom. The highest BCUT2D eigenvalue weighted by Gasteiger charge is 2.48. The Balaban J connectivity index is 2.23. The summed E-state index contributed by atoms with van der Waals surface area (Å²) in [6.07, 6.45) is 3.26. The first-order chi connectivity index (χ1) is 11.4. The summed E-state index contributed by atoms with van der Waals surface area (Å²) in [6, 6.07) is 7.49. The molecule has 0 aliphatic carbocycles. The molecule has 0 aromatic heterocycles. The molecular formula is C18H23ClN2O3. The highest BCUT2D eigenvalue weighted by atomic mass is 35.5. The van der Waals surface area contributed by atoms with E-state index in [1.807, 2.05) is 24.3 Å². The highest BCUT2D eigenvalue weighted by Crippen LogP contribution is 2.34. The van der Waals surface area contributed by atoms with Crippen molar-refractivity contribution in [2.45, 2.75) is 31.7 Å². The number of carbonyl (C=O) groups excluding carboxylic acids is 1. The molecule has 0 radical (unpaired) electrons. The third kappa shape index (κ3) is 3.90. The minimum absolute atomic E-state index is 0.172. The highest BCUT2D eigenvalue weighted by molar-refractivity contribution is 6.30. The average Bonchev–Trinajstić information content (AvgIpc) is 3.02. The zero-order valence-corrected chi connectivity index (χ0v) is 14.6. The molecule has 130 valence electrons. The number of allylic oxidation sites excluding steroid dienone is 1. The van der Waals surface area contributed by atoms with Crippen molar-refractivity contribution in [3.8, 4) is 0 Å². The van der Waals surface area contributed by atoms with Gasteiger partial charge in [0.15, 0.2) is 0 Å². The van der Waals surface area contributed by atoms with Crippen LogP contribution in [0.25, 0.3) is 0 Å². The molecule has 6 heteroatoms. The molecular weight excluding hydrogens is 328 g/mol. The maximum absolute atomic E-state index is 12.1. The fraction of sp³-hybridized carbons (Fsp3) is 0.444. The molecule has 0 saturated carbocycles. The molecule has 0 bridgehead atoms. The van der Waals surface area contributed by atoms with Crippen LogP contribution in [0, 0.1) is 5.92 Å². The molecule has 1 aliphatic rings. The fourth-order valence-corrected chi connectivity index (χ4v) is 3.52. The number of carboxylic acids is 1. The van der Waals surface area contributed by atoms with Gasteiger partial charge in [-0.2, -0.15) is 0 Å². The Morgan fingerprint density at radius 1 is 1.46 bits per heavy atom. The van der Waals surface area contributed by atoms with Crippen molar-refractivity contribution < 1.29 is 14.7 Å². The van der Waals surface area contributed by atoms with E-state index in [1.54, 1.807) is 6.08 Å². The number of nitrogens with zero attached hydrogens (tertiary/aromatic N) is 1. The smallest absolute Gasteiger partial charge is 0.329 e. The van der Waals surface area contributed by atoms with Crippen LogP contribution in [-0.4, -0.2) is 35.6 Å². The van der Waals surface area contributed by atoms with Crippen molar-refractivity contribution in [1.29, 1.82) is 0 Å². The molecule has 24 heavy (non-hydrogen) atoms. The number of hydrogen-bond donors (Lipinski definition) is 2. The lowest BCUT2D eigenvalue weighted by Crippen LogP contribution is -2.59. The number of carboxylic acid groups (broad SMARTS) is 1. The molecule has 5 nitrogen and oxygen atoms in total. The van der Waals surface area contributed by atoms with Gasteiger partial charge in [0, 0.05) is 36.6 Å². The summed E-state index contributed by atoms with van der Waals surface area (Å²) in [7, 11) is 0. The minimum Gasteiger partial charge on any atom is -0.479 e. The third-order valence-corrected chi connectivity index (χ3v) is 4.85. The largest absolute Gasteiger partial charge is 0.479 e. The molecule has 2 atom stereocenters. The molecule has 2 N–H and O–H groups in total. The van der Waals surface area contributed by atoms with E-state index in [4.69, 9.17) is 11.6 Å². The van der Waals surface area contributed by atoms with E-state index in [-0.39, 0.29) is 11.8 Å². The Bertz CT molecular complexity index is 617. The van der Waals surface area contributed by atoms with Crippen molar-refractivity contribution in [2.24, 2.45) is 5.92 Å². The van der Waals surface area contributed by atoms with Crippen molar-refractivity contribution in [3.63, 3.8) is 0 Å². The van der Waals surface area contributed by atoms with Crippen molar-refractivity contribution in [2.75, 3.05) is 18.0 Å². The van der Waals surface area contributed by atoms with Gasteiger partial charge in [-0.25, -0.2) is 4.79 Å². The lowest BCUT2D eigenvalue weighted by Gasteiger charge is -2.35. The lowest BCUT2D eigenvalue weighted by atomic mass is 9.79. The van der Waals surface area contributed by atoms with Crippen LogP contribution in [0.15, 0.2) is 36.9 Å². The van der Waals surface area contributed by atoms with Gasteiger partial charge >= 0.3 is 5.97 Å².